The Hall–Kier alpha value is -0.820. The van der Waals surface area contributed by atoms with E-state index in [1.165, 1.54) is 12.0 Å². The Morgan fingerprint density at radius 1 is 1.06 bits per heavy atom. The van der Waals surface area contributed by atoms with Gasteiger partial charge in [0, 0.05) is 12.6 Å². The van der Waals surface area contributed by atoms with Crippen LogP contribution in [0.1, 0.15) is 46.6 Å². The minimum absolute atomic E-state index is 0.376. The molecule has 1 nitrogen and oxygen atoms in total. The molecule has 0 aliphatic carbocycles. The molecule has 1 unspecified atom stereocenters. The summed E-state index contributed by atoms with van der Waals surface area (Å²) in [6, 6.07) is 11.3. The van der Waals surface area contributed by atoms with Crippen LogP contribution in [-0.2, 0) is 6.42 Å². The van der Waals surface area contributed by atoms with Gasteiger partial charge in [-0.2, -0.15) is 0 Å². The fraction of sp³-hybridized carbons (Fsp3) is 0.647. The Labute approximate surface area is 113 Å². The van der Waals surface area contributed by atoms with Crippen LogP contribution in [-0.4, -0.2) is 12.6 Å². The lowest BCUT2D eigenvalue weighted by atomic mass is 9.81. The van der Waals surface area contributed by atoms with Crippen LogP contribution in [0.15, 0.2) is 30.3 Å². The molecular formula is C17H29N. The van der Waals surface area contributed by atoms with Crippen molar-refractivity contribution in [3.05, 3.63) is 35.9 Å². The van der Waals surface area contributed by atoms with E-state index in [9.17, 15) is 0 Å². The zero-order valence-electron chi connectivity index (χ0n) is 12.7. The molecule has 0 amide bonds. The average molecular weight is 247 g/mol. The van der Waals surface area contributed by atoms with E-state index >= 15 is 0 Å². The summed E-state index contributed by atoms with van der Waals surface area (Å²) in [4.78, 5) is 0. The van der Waals surface area contributed by atoms with Crippen molar-refractivity contribution in [1.29, 1.82) is 0 Å². The summed E-state index contributed by atoms with van der Waals surface area (Å²) in [6.45, 7) is 12.7. The van der Waals surface area contributed by atoms with Gasteiger partial charge in [-0.25, -0.2) is 0 Å². The maximum absolute atomic E-state index is 3.67. The standard InChI is InChI=1S/C17H29N/c1-14(2)17(4,5)13-18-15(3)11-12-16-9-7-6-8-10-16/h6-10,14-15,18H,11-13H2,1-5H3. The molecule has 0 heterocycles. The minimum atomic E-state index is 0.376. The highest BCUT2D eigenvalue weighted by atomic mass is 14.9. The average Bonchev–Trinajstić information content (AvgIpc) is 2.35. The van der Waals surface area contributed by atoms with Gasteiger partial charge in [0.05, 0.1) is 0 Å². The van der Waals surface area contributed by atoms with Crippen LogP contribution in [0.2, 0.25) is 0 Å². The van der Waals surface area contributed by atoms with E-state index in [0.717, 1.165) is 13.0 Å². The second-order valence-electron chi connectivity index (χ2n) is 6.45. The van der Waals surface area contributed by atoms with Gasteiger partial charge in [0.2, 0.25) is 0 Å². The number of nitrogens with one attached hydrogen (secondary N) is 1. The molecule has 0 aliphatic rings. The SMILES string of the molecule is CC(CCc1ccccc1)NCC(C)(C)C(C)C. The van der Waals surface area contributed by atoms with Gasteiger partial charge in [0.15, 0.2) is 0 Å². The zero-order valence-corrected chi connectivity index (χ0v) is 12.7. The first kappa shape index (κ1) is 15.2. The van der Waals surface area contributed by atoms with Gasteiger partial charge in [-0.3, -0.25) is 0 Å². The van der Waals surface area contributed by atoms with Crippen LogP contribution in [0, 0.1) is 11.3 Å². The summed E-state index contributed by atoms with van der Waals surface area (Å²) in [5, 5.41) is 3.67. The first-order valence-corrected chi connectivity index (χ1v) is 7.19. The lowest BCUT2D eigenvalue weighted by Gasteiger charge is -2.31. The summed E-state index contributed by atoms with van der Waals surface area (Å²) >= 11 is 0. The number of hydrogen-bond acceptors (Lipinski definition) is 1. The third kappa shape index (κ3) is 5.22. The van der Waals surface area contributed by atoms with Gasteiger partial charge in [-0.05, 0) is 36.7 Å². The Morgan fingerprint density at radius 2 is 1.67 bits per heavy atom. The third-order valence-corrected chi connectivity index (χ3v) is 4.18. The second kappa shape index (κ2) is 6.94. The van der Waals surface area contributed by atoms with Crippen molar-refractivity contribution in [2.75, 3.05) is 6.54 Å². The van der Waals surface area contributed by atoms with Crippen LogP contribution in [0.25, 0.3) is 0 Å². The van der Waals surface area contributed by atoms with Crippen molar-refractivity contribution >= 4 is 0 Å². The van der Waals surface area contributed by atoms with Crippen LogP contribution in [0.5, 0.6) is 0 Å². The maximum atomic E-state index is 3.67. The summed E-state index contributed by atoms with van der Waals surface area (Å²) in [5.41, 5.74) is 1.82. The molecule has 1 atom stereocenters. The predicted octanol–water partition coefficient (Wildman–Crippen LogP) is 4.28. The van der Waals surface area contributed by atoms with Crippen molar-refractivity contribution in [3.8, 4) is 0 Å². The fourth-order valence-electron chi connectivity index (χ4n) is 1.77. The minimum Gasteiger partial charge on any atom is -0.314 e. The molecule has 1 rings (SSSR count). The summed E-state index contributed by atoms with van der Waals surface area (Å²) in [5.74, 6) is 0.714. The summed E-state index contributed by atoms with van der Waals surface area (Å²) in [6.07, 6.45) is 2.37. The lowest BCUT2D eigenvalue weighted by Crippen LogP contribution is -2.38. The van der Waals surface area contributed by atoms with E-state index in [2.05, 4.69) is 70.3 Å². The topological polar surface area (TPSA) is 12.0 Å². The quantitative estimate of drug-likeness (QED) is 0.758. The van der Waals surface area contributed by atoms with Gasteiger partial charge in [0.1, 0.15) is 0 Å². The molecule has 0 bridgehead atoms. The van der Waals surface area contributed by atoms with E-state index in [4.69, 9.17) is 0 Å². The Bertz CT molecular complexity index is 327. The lowest BCUT2D eigenvalue weighted by molar-refractivity contribution is 0.228. The van der Waals surface area contributed by atoms with Gasteiger partial charge in [0.25, 0.3) is 0 Å². The Morgan fingerprint density at radius 3 is 2.22 bits per heavy atom. The Balaban J connectivity index is 2.28. The molecule has 0 aromatic heterocycles. The molecule has 0 saturated carbocycles. The summed E-state index contributed by atoms with van der Waals surface area (Å²) in [7, 11) is 0. The monoisotopic (exact) mass is 247 g/mol. The Kier molecular flexibility index (Phi) is 5.87. The van der Waals surface area contributed by atoms with Gasteiger partial charge < -0.3 is 5.32 Å². The normalized spacial score (nSPS) is 13.9. The van der Waals surface area contributed by atoms with E-state index in [1.54, 1.807) is 0 Å². The fourth-order valence-corrected chi connectivity index (χ4v) is 1.77. The van der Waals surface area contributed by atoms with Crippen LogP contribution < -0.4 is 5.32 Å². The smallest absolute Gasteiger partial charge is 0.00421 e. The second-order valence-corrected chi connectivity index (χ2v) is 6.45. The number of benzene rings is 1. The molecule has 1 aromatic rings. The van der Waals surface area contributed by atoms with Gasteiger partial charge >= 0.3 is 0 Å². The largest absolute Gasteiger partial charge is 0.314 e. The van der Waals surface area contributed by atoms with Crippen molar-refractivity contribution in [2.45, 2.75) is 53.5 Å². The van der Waals surface area contributed by atoms with Crippen LogP contribution in [0.3, 0.4) is 0 Å². The highest BCUT2D eigenvalue weighted by molar-refractivity contribution is 5.14. The first-order valence-electron chi connectivity index (χ1n) is 7.19. The number of aryl methyl sites for hydroxylation is 1. The zero-order chi connectivity index (χ0) is 13.6. The molecule has 102 valence electrons. The predicted molar refractivity (Wildman–Crippen MR) is 80.8 cm³/mol. The highest BCUT2D eigenvalue weighted by Gasteiger charge is 2.22. The number of rotatable bonds is 7. The van der Waals surface area contributed by atoms with Gasteiger partial charge in [-0.1, -0.05) is 58.0 Å². The van der Waals surface area contributed by atoms with Crippen molar-refractivity contribution in [2.24, 2.45) is 11.3 Å². The van der Waals surface area contributed by atoms with Gasteiger partial charge in [-0.15, -0.1) is 0 Å². The third-order valence-electron chi connectivity index (χ3n) is 4.18. The summed E-state index contributed by atoms with van der Waals surface area (Å²) < 4.78 is 0. The first-order chi connectivity index (χ1) is 8.42. The maximum Gasteiger partial charge on any atom is 0.00421 e. The van der Waals surface area contributed by atoms with E-state index in [1.807, 2.05) is 0 Å². The van der Waals surface area contributed by atoms with E-state index in [-0.39, 0.29) is 0 Å². The van der Waals surface area contributed by atoms with Crippen molar-refractivity contribution < 1.29 is 0 Å². The van der Waals surface area contributed by atoms with Crippen LogP contribution in [0.4, 0.5) is 0 Å². The molecule has 1 aromatic carbocycles. The van der Waals surface area contributed by atoms with Crippen molar-refractivity contribution in [3.63, 3.8) is 0 Å². The molecule has 18 heavy (non-hydrogen) atoms. The molecule has 1 N–H and O–H groups in total. The molecule has 0 fully saturated rings. The molecule has 0 spiro atoms. The molecule has 0 radical (unpaired) electrons. The van der Waals surface area contributed by atoms with Crippen molar-refractivity contribution in [1.82, 2.24) is 5.32 Å². The molecule has 0 saturated heterocycles. The molecule has 0 aliphatic heterocycles. The molecular weight excluding hydrogens is 218 g/mol. The van der Waals surface area contributed by atoms with Crippen LogP contribution >= 0.6 is 0 Å². The van der Waals surface area contributed by atoms with E-state index in [0.29, 0.717) is 17.4 Å². The van der Waals surface area contributed by atoms with E-state index < -0.39 is 0 Å². The molecule has 1 heteroatoms. The highest BCUT2D eigenvalue weighted by Crippen LogP contribution is 2.24. The number of hydrogen-bond donors (Lipinski definition) is 1.